The first-order valence-electron chi connectivity index (χ1n) is 31.8. The summed E-state index contributed by atoms with van der Waals surface area (Å²) in [5, 5.41) is 9.59. The molecule has 2 nitrogen and oxygen atoms in total. The van der Waals surface area contributed by atoms with E-state index in [-0.39, 0.29) is 10.8 Å². The molecule has 2 atom stereocenters. The van der Waals surface area contributed by atoms with Gasteiger partial charge in [-0.05, 0) is 211 Å². The molecule has 428 valence electrons. The Balaban J connectivity index is 0.857. The predicted molar refractivity (Wildman–Crippen MR) is 383 cm³/mol. The number of hydrogen-bond acceptors (Lipinski definition) is 2. The lowest BCUT2D eigenvalue weighted by molar-refractivity contribution is 0.394. The van der Waals surface area contributed by atoms with E-state index in [0.29, 0.717) is 11.8 Å². The van der Waals surface area contributed by atoms with Gasteiger partial charge in [-0.3, -0.25) is 0 Å². The zero-order valence-electron chi connectivity index (χ0n) is 51.1. The van der Waals surface area contributed by atoms with Crippen LogP contribution in [0, 0.1) is 5.92 Å². The Bertz CT molecular complexity index is 5230. The van der Waals surface area contributed by atoms with Crippen LogP contribution in [-0.4, -0.2) is 0 Å². The zero-order chi connectivity index (χ0) is 60.2. The summed E-state index contributed by atoms with van der Waals surface area (Å²) in [5.41, 5.74) is 24.5. The van der Waals surface area contributed by atoms with E-state index >= 15 is 0 Å². The van der Waals surface area contributed by atoms with Crippen molar-refractivity contribution in [2.24, 2.45) is 5.92 Å². The largest absolute Gasteiger partial charge is 0.310 e. The molecule has 0 spiro atoms. The van der Waals surface area contributed by atoms with Crippen LogP contribution in [0.1, 0.15) is 55.9 Å². The fraction of sp³-hybridized carbons (Fsp3) is 0.0909. The number of benzene rings is 14. The maximum atomic E-state index is 2.47. The number of nitrogens with zero attached hydrogens (tertiary/aromatic N) is 2. The van der Waals surface area contributed by atoms with Gasteiger partial charge >= 0.3 is 0 Å². The Kier molecular flexibility index (Phi) is 12.4. The third kappa shape index (κ3) is 8.53. The van der Waals surface area contributed by atoms with Gasteiger partial charge in [0.2, 0.25) is 0 Å². The number of hydrogen-bond donors (Lipinski definition) is 0. The molecule has 14 aromatic carbocycles. The van der Waals surface area contributed by atoms with Gasteiger partial charge in [0.25, 0.3) is 0 Å². The van der Waals surface area contributed by atoms with Gasteiger partial charge in [0.05, 0.1) is 0 Å². The highest BCUT2D eigenvalue weighted by atomic mass is 15.1. The van der Waals surface area contributed by atoms with Gasteiger partial charge in [-0.15, -0.1) is 0 Å². The molecule has 3 aliphatic rings. The smallest absolute Gasteiger partial charge is 0.0468 e. The van der Waals surface area contributed by atoms with Crippen LogP contribution in [-0.2, 0) is 10.8 Å². The van der Waals surface area contributed by atoms with Gasteiger partial charge in [-0.1, -0.05) is 264 Å². The van der Waals surface area contributed by atoms with E-state index in [2.05, 4.69) is 353 Å². The molecule has 2 unspecified atom stereocenters. The van der Waals surface area contributed by atoms with E-state index in [1.165, 1.54) is 121 Å². The molecule has 0 fully saturated rings. The SMILES string of the molecule is CC1(C)c2ccccc2-c2ccc(-c3ccc(N(c4ccccc4)c4ccc5c(-c6cccc7ccccc67)c6cc(N(c7ccccc7)c7ccc(-c8ccc9c(c8)C(C)(C)C8C=CC=CC98)cc7)ccc6c(-c6cccc7ccccc67)c5c4)cc3)cc21. The van der Waals surface area contributed by atoms with Crippen molar-refractivity contribution in [2.45, 2.75) is 44.4 Å². The third-order valence-electron chi connectivity index (χ3n) is 20.3. The molecule has 14 aromatic rings. The molecule has 17 rings (SSSR count). The minimum Gasteiger partial charge on any atom is -0.310 e. The normalized spacial score (nSPS) is 15.6. The van der Waals surface area contributed by atoms with E-state index in [9.17, 15) is 0 Å². The summed E-state index contributed by atoms with van der Waals surface area (Å²) in [6, 6.07) is 109. The van der Waals surface area contributed by atoms with E-state index < -0.39 is 0 Å². The summed E-state index contributed by atoms with van der Waals surface area (Å²) in [4.78, 5) is 4.86. The lowest BCUT2D eigenvalue weighted by atomic mass is 9.74. The molecule has 0 N–H and O–H groups in total. The Labute approximate surface area is 527 Å². The Morgan fingerprint density at radius 2 is 0.700 bits per heavy atom. The highest BCUT2D eigenvalue weighted by molar-refractivity contribution is 6.26. The second-order valence-electron chi connectivity index (χ2n) is 26.0. The molecule has 0 bridgehead atoms. The first-order chi connectivity index (χ1) is 44.2. The summed E-state index contributed by atoms with van der Waals surface area (Å²) >= 11 is 0. The fourth-order valence-corrected chi connectivity index (χ4v) is 15.8. The number of allylic oxidation sites excluding steroid dienone is 4. The molecule has 0 aliphatic heterocycles. The van der Waals surface area contributed by atoms with Crippen molar-refractivity contribution in [2.75, 3.05) is 9.80 Å². The van der Waals surface area contributed by atoms with E-state index in [4.69, 9.17) is 0 Å². The number of fused-ring (bicyclic) bond motifs is 10. The van der Waals surface area contributed by atoms with Gasteiger partial charge < -0.3 is 9.80 Å². The number of rotatable bonds is 10. The van der Waals surface area contributed by atoms with Crippen LogP contribution in [0.2, 0.25) is 0 Å². The topological polar surface area (TPSA) is 6.48 Å². The third-order valence-corrected chi connectivity index (χ3v) is 20.3. The van der Waals surface area contributed by atoms with Crippen LogP contribution in [0.3, 0.4) is 0 Å². The maximum absolute atomic E-state index is 2.47. The van der Waals surface area contributed by atoms with Crippen LogP contribution < -0.4 is 9.80 Å². The van der Waals surface area contributed by atoms with Crippen LogP contribution >= 0.6 is 0 Å². The summed E-state index contributed by atoms with van der Waals surface area (Å²) in [5.74, 6) is 0.887. The number of para-hydroxylation sites is 2. The number of anilines is 6. The molecule has 3 aliphatic carbocycles. The second-order valence-corrected chi connectivity index (χ2v) is 26.0. The van der Waals surface area contributed by atoms with Gasteiger partial charge in [-0.25, -0.2) is 0 Å². The maximum Gasteiger partial charge on any atom is 0.0468 e. The summed E-state index contributed by atoms with van der Waals surface area (Å²) < 4.78 is 0. The minimum atomic E-state index is -0.0819. The van der Waals surface area contributed by atoms with E-state index in [1.54, 1.807) is 0 Å². The first kappa shape index (κ1) is 53.4. The zero-order valence-corrected chi connectivity index (χ0v) is 51.1. The highest BCUT2D eigenvalue weighted by Gasteiger charge is 2.44. The van der Waals surface area contributed by atoms with Crippen molar-refractivity contribution in [3.8, 4) is 55.6 Å². The average molecular weight is 1150 g/mol. The fourth-order valence-electron chi connectivity index (χ4n) is 15.8. The van der Waals surface area contributed by atoms with Crippen molar-refractivity contribution in [3.63, 3.8) is 0 Å². The molecule has 0 heterocycles. The molecule has 2 heteroatoms. The predicted octanol–water partition coefficient (Wildman–Crippen LogP) is 24.3. The molecular weight excluding hydrogens is 1080 g/mol. The van der Waals surface area contributed by atoms with Crippen LogP contribution in [0.15, 0.2) is 315 Å². The van der Waals surface area contributed by atoms with Gasteiger partial charge in [0, 0.05) is 45.5 Å². The van der Waals surface area contributed by atoms with Crippen molar-refractivity contribution in [3.05, 3.63) is 338 Å². The molecule has 0 amide bonds. The van der Waals surface area contributed by atoms with Crippen LogP contribution in [0.5, 0.6) is 0 Å². The van der Waals surface area contributed by atoms with Crippen molar-refractivity contribution < 1.29 is 0 Å². The summed E-state index contributed by atoms with van der Waals surface area (Å²) in [7, 11) is 0. The summed E-state index contributed by atoms with van der Waals surface area (Å²) in [6.07, 6.45) is 9.25. The molecule has 90 heavy (non-hydrogen) atoms. The lowest BCUT2D eigenvalue weighted by Crippen LogP contribution is -2.24. The van der Waals surface area contributed by atoms with Crippen molar-refractivity contribution in [1.82, 2.24) is 0 Å². The molecule has 0 radical (unpaired) electrons. The second kappa shape index (κ2) is 20.9. The van der Waals surface area contributed by atoms with Crippen molar-refractivity contribution in [1.29, 1.82) is 0 Å². The highest BCUT2D eigenvalue weighted by Crippen LogP contribution is 2.55. The molecule has 0 aromatic heterocycles. The standard InChI is InChI=1S/C88H66N2/c1-87(2)81-35-17-15-31-71(81)73-49-41-61(53-83(73)87)57-37-43-65(44-38-57)89(63-25-7-5-8-26-63)67-47-51-77-79(55-67)85(75-33-19-23-59-21-11-13-29-69(59)75)78-52-48-68(56-80(78)86(77)76-34-20-24-60-22-12-14-30-70(60)76)90(64-27-9-6-10-28-64)66-45-39-58(40-46-66)62-42-50-74-72-32-16-18-36-82(72)88(3,4)84(74)54-62/h5-56,71,81H,1-4H3. The molecule has 0 saturated heterocycles. The van der Waals surface area contributed by atoms with Crippen LogP contribution in [0.25, 0.3) is 98.7 Å². The molecule has 0 saturated carbocycles. The minimum absolute atomic E-state index is 0.0376. The lowest BCUT2D eigenvalue weighted by Gasteiger charge is -2.29. The van der Waals surface area contributed by atoms with E-state index in [1.807, 2.05) is 0 Å². The van der Waals surface area contributed by atoms with Gasteiger partial charge in [-0.2, -0.15) is 0 Å². The molecular formula is C88H66N2. The monoisotopic (exact) mass is 1150 g/mol. The van der Waals surface area contributed by atoms with Gasteiger partial charge in [0.1, 0.15) is 0 Å². The Morgan fingerprint density at radius 1 is 0.278 bits per heavy atom. The Morgan fingerprint density at radius 3 is 1.27 bits per heavy atom. The van der Waals surface area contributed by atoms with Crippen molar-refractivity contribution >= 4 is 77.2 Å². The Hall–Kier alpha value is -10.8. The van der Waals surface area contributed by atoms with Gasteiger partial charge in [0.15, 0.2) is 0 Å². The summed E-state index contributed by atoms with van der Waals surface area (Å²) in [6.45, 7) is 9.55. The quantitative estimate of drug-likeness (QED) is 0.126. The average Bonchev–Trinajstić information content (AvgIpc) is 0.818. The van der Waals surface area contributed by atoms with Crippen LogP contribution in [0.4, 0.5) is 34.1 Å². The first-order valence-corrected chi connectivity index (χ1v) is 31.8. The van der Waals surface area contributed by atoms with E-state index in [0.717, 1.165) is 34.1 Å².